The van der Waals surface area contributed by atoms with Crippen molar-refractivity contribution in [3.8, 4) is 0 Å². The SMILES string of the molecule is CC(O)C(NC(=O)Nc1cc(F)ccc1Cl)C(=O)O. The number of nitrogens with one attached hydrogen (secondary N) is 2. The van der Waals surface area contributed by atoms with Crippen LogP contribution in [0.1, 0.15) is 6.92 Å². The van der Waals surface area contributed by atoms with Gasteiger partial charge in [-0.1, -0.05) is 11.6 Å². The highest BCUT2D eigenvalue weighted by atomic mass is 35.5. The Morgan fingerprint density at radius 3 is 2.58 bits per heavy atom. The molecule has 0 spiro atoms. The van der Waals surface area contributed by atoms with Crippen molar-refractivity contribution in [2.75, 3.05) is 5.32 Å². The summed E-state index contributed by atoms with van der Waals surface area (Å²) in [4.78, 5) is 22.3. The Bertz CT molecular complexity index is 496. The molecule has 0 heterocycles. The van der Waals surface area contributed by atoms with Crippen LogP contribution in [-0.4, -0.2) is 34.4 Å². The maximum atomic E-state index is 13.0. The van der Waals surface area contributed by atoms with Crippen molar-refractivity contribution in [1.29, 1.82) is 0 Å². The van der Waals surface area contributed by atoms with Crippen LogP contribution in [-0.2, 0) is 4.79 Å². The smallest absolute Gasteiger partial charge is 0.328 e. The second kappa shape index (κ2) is 6.35. The number of rotatable bonds is 4. The number of aliphatic hydroxyl groups is 1. The summed E-state index contributed by atoms with van der Waals surface area (Å²) in [6.45, 7) is 1.22. The third kappa shape index (κ3) is 4.38. The highest BCUT2D eigenvalue weighted by Gasteiger charge is 2.25. The average molecular weight is 291 g/mol. The van der Waals surface area contributed by atoms with Gasteiger partial charge in [0.1, 0.15) is 5.82 Å². The molecule has 0 aliphatic heterocycles. The monoisotopic (exact) mass is 290 g/mol. The number of halogens is 2. The number of carboxylic acid groups (broad SMARTS) is 1. The number of hydrogen-bond acceptors (Lipinski definition) is 3. The minimum Gasteiger partial charge on any atom is -0.480 e. The Hall–Kier alpha value is -1.86. The Morgan fingerprint density at radius 1 is 1.42 bits per heavy atom. The van der Waals surface area contributed by atoms with Crippen LogP contribution in [0.5, 0.6) is 0 Å². The van der Waals surface area contributed by atoms with Crippen LogP contribution in [0, 0.1) is 5.82 Å². The van der Waals surface area contributed by atoms with Gasteiger partial charge in [-0.3, -0.25) is 0 Å². The van der Waals surface area contributed by atoms with E-state index < -0.39 is 30.0 Å². The van der Waals surface area contributed by atoms with Gasteiger partial charge in [-0.05, 0) is 25.1 Å². The molecule has 8 heteroatoms. The topological polar surface area (TPSA) is 98.7 Å². The summed E-state index contributed by atoms with van der Waals surface area (Å²) >= 11 is 5.73. The first-order chi connectivity index (χ1) is 8.81. The van der Waals surface area contributed by atoms with Crippen LogP contribution in [0.3, 0.4) is 0 Å². The van der Waals surface area contributed by atoms with Gasteiger partial charge in [0.2, 0.25) is 0 Å². The quantitative estimate of drug-likeness (QED) is 0.674. The Balaban J connectivity index is 2.74. The number of urea groups is 1. The predicted octanol–water partition coefficient (Wildman–Crippen LogP) is 1.43. The fourth-order valence-electron chi connectivity index (χ4n) is 1.28. The Morgan fingerprint density at radius 2 is 2.05 bits per heavy atom. The number of anilines is 1. The van der Waals surface area contributed by atoms with E-state index >= 15 is 0 Å². The molecule has 1 rings (SSSR count). The molecule has 19 heavy (non-hydrogen) atoms. The highest BCUT2D eigenvalue weighted by Crippen LogP contribution is 2.22. The van der Waals surface area contributed by atoms with Gasteiger partial charge < -0.3 is 20.8 Å². The minimum absolute atomic E-state index is 0.00565. The number of aliphatic hydroxyl groups excluding tert-OH is 1. The standard InChI is InChI=1S/C11H12ClFN2O4/c1-5(16)9(10(17)18)15-11(19)14-8-4-6(13)2-3-7(8)12/h2-5,9,16H,1H3,(H,17,18)(H2,14,15,19). The van der Waals surface area contributed by atoms with Gasteiger partial charge in [0, 0.05) is 0 Å². The van der Waals surface area contributed by atoms with Crippen molar-refractivity contribution in [2.24, 2.45) is 0 Å². The van der Waals surface area contributed by atoms with Gasteiger partial charge in [0.05, 0.1) is 16.8 Å². The maximum absolute atomic E-state index is 13.0. The summed E-state index contributed by atoms with van der Waals surface area (Å²) in [6.07, 6.45) is -1.29. The second-order valence-electron chi connectivity index (χ2n) is 3.78. The molecule has 0 aliphatic rings. The first-order valence-corrected chi connectivity index (χ1v) is 5.62. The van der Waals surface area contributed by atoms with Crippen molar-refractivity contribution >= 4 is 29.3 Å². The van der Waals surface area contributed by atoms with Crippen LogP contribution < -0.4 is 10.6 Å². The fourth-order valence-corrected chi connectivity index (χ4v) is 1.45. The third-order valence-electron chi connectivity index (χ3n) is 2.21. The maximum Gasteiger partial charge on any atom is 0.328 e. The molecular weight excluding hydrogens is 279 g/mol. The minimum atomic E-state index is -1.48. The van der Waals surface area contributed by atoms with Crippen LogP contribution >= 0.6 is 11.6 Å². The predicted molar refractivity (Wildman–Crippen MR) is 66.7 cm³/mol. The Kier molecular flexibility index (Phi) is 5.08. The van der Waals surface area contributed by atoms with E-state index in [2.05, 4.69) is 5.32 Å². The molecule has 4 N–H and O–H groups in total. The largest absolute Gasteiger partial charge is 0.480 e. The molecular formula is C11H12ClFN2O4. The summed E-state index contributed by atoms with van der Waals surface area (Å²) < 4.78 is 13.0. The molecule has 0 fully saturated rings. The third-order valence-corrected chi connectivity index (χ3v) is 2.54. The van der Waals surface area contributed by atoms with Crippen molar-refractivity contribution in [1.82, 2.24) is 5.32 Å². The van der Waals surface area contributed by atoms with Gasteiger partial charge in [-0.15, -0.1) is 0 Å². The van der Waals surface area contributed by atoms with Gasteiger partial charge in [-0.25, -0.2) is 14.0 Å². The Labute approximate surface area is 113 Å². The summed E-state index contributed by atoms with van der Waals surface area (Å²) in [5, 5.41) is 22.3. The number of hydrogen-bond donors (Lipinski definition) is 4. The number of carbonyl (C=O) groups excluding carboxylic acids is 1. The van der Waals surface area contributed by atoms with E-state index in [-0.39, 0.29) is 10.7 Å². The van der Waals surface area contributed by atoms with Crippen molar-refractivity contribution in [2.45, 2.75) is 19.1 Å². The van der Waals surface area contributed by atoms with Gasteiger partial charge in [-0.2, -0.15) is 0 Å². The zero-order valence-corrected chi connectivity index (χ0v) is 10.6. The van der Waals surface area contributed by atoms with Crippen LogP contribution in [0.25, 0.3) is 0 Å². The second-order valence-corrected chi connectivity index (χ2v) is 4.19. The van der Waals surface area contributed by atoms with Crippen molar-refractivity contribution in [3.05, 3.63) is 29.0 Å². The first kappa shape index (κ1) is 15.2. The van der Waals surface area contributed by atoms with E-state index in [4.69, 9.17) is 16.7 Å². The van der Waals surface area contributed by atoms with E-state index in [1.165, 1.54) is 13.0 Å². The van der Waals surface area contributed by atoms with Gasteiger partial charge in [0.25, 0.3) is 0 Å². The zero-order valence-electron chi connectivity index (χ0n) is 9.85. The van der Waals surface area contributed by atoms with Crippen molar-refractivity contribution < 1.29 is 24.2 Å². The number of aliphatic carboxylic acids is 1. The number of carbonyl (C=O) groups is 2. The zero-order chi connectivity index (χ0) is 14.6. The van der Waals surface area contributed by atoms with Crippen molar-refractivity contribution in [3.63, 3.8) is 0 Å². The highest BCUT2D eigenvalue weighted by molar-refractivity contribution is 6.33. The van der Waals surface area contributed by atoms with Crippen LogP contribution in [0.15, 0.2) is 18.2 Å². The van der Waals surface area contributed by atoms with E-state index in [1.807, 2.05) is 5.32 Å². The molecule has 0 saturated heterocycles. The van der Waals surface area contributed by atoms with E-state index in [9.17, 15) is 19.1 Å². The molecule has 1 aromatic carbocycles. The molecule has 0 aromatic heterocycles. The molecule has 0 aliphatic carbocycles. The lowest BCUT2D eigenvalue weighted by atomic mass is 10.2. The molecule has 6 nitrogen and oxygen atoms in total. The number of amides is 2. The molecule has 2 atom stereocenters. The lowest BCUT2D eigenvalue weighted by Crippen LogP contribution is -2.49. The van der Waals surface area contributed by atoms with Gasteiger partial charge >= 0.3 is 12.0 Å². The first-order valence-electron chi connectivity index (χ1n) is 5.24. The van der Waals surface area contributed by atoms with Gasteiger partial charge in [0.15, 0.2) is 6.04 Å². The summed E-state index contributed by atoms with van der Waals surface area (Å²) in [5.74, 6) is -2.00. The van der Waals surface area contributed by atoms with E-state index in [0.717, 1.165) is 12.1 Å². The average Bonchev–Trinajstić information content (AvgIpc) is 2.30. The van der Waals surface area contributed by atoms with E-state index in [0.29, 0.717) is 0 Å². The lowest BCUT2D eigenvalue weighted by molar-refractivity contribution is -0.141. The molecule has 0 saturated carbocycles. The number of carboxylic acids is 1. The molecule has 2 unspecified atom stereocenters. The normalized spacial score (nSPS) is 13.5. The lowest BCUT2D eigenvalue weighted by Gasteiger charge is -2.17. The fraction of sp³-hybridized carbons (Fsp3) is 0.273. The van der Waals surface area contributed by atoms with Crippen LogP contribution in [0.2, 0.25) is 5.02 Å². The summed E-state index contributed by atoms with van der Waals surface area (Å²) in [5.41, 5.74) is -0.00565. The molecule has 1 aromatic rings. The summed E-state index contributed by atoms with van der Waals surface area (Å²) in [6, 6.07) is 0.949. The molecule has 0 radical (unpaired) electrons. The molecule has 2 amide bonds. The molecule has 0 bridgehead atoms. The van der Waals surface area contributed by atoms with E-state index in [1.54, 1.807) is 0 Å². The summed E-state index contributed by atoms with van der Waals surface area (Å²) in [7, 11) is 0. The molecule has 104 valence electrons. The number of benzene rings is 1. The van der Waals surface area contributed by atoms with Crippen LogP contribution in [0.4, 0.5) is 14.9 Å².